The lowest BCUT2D eigenvalue weighted by Gasteiger charge is -2.08. The molecule has 0 radical (unpaired) electrons. The molecule has 6 nitrogen and oxygen atoms in total. The quantitative estimate of drug-likeness (QED) is 0.310. The maximum Gasteiger partial charge on any atom is 0.337 e. The van der Waals surface area contributed by atoms with Crippen molar-refractivity contribution in [2.75, 3.05) is 7.11 Å². The SMILES string of the molecule is COC(=O)c1ccc(COC(=O)C=Cc2c(C)nn(Cc3c(Cl)cccc3Cl)c2Cl)cc1. The summed E-state index contributed by atoms with van der Waals surface area (Å²) < 4.78 is 11.5. The molecule has 0 spiro atoms. The summed E-state index contributed by atoms with van der Waals surface area (Å²) in [7, 11) is 1.31. The number of aromatic nitrogens is 2. The number of rotatable bonds is 7. The van der Waals surface area contributed by atoms with Crippen molar-refractivity contribution in [3.63, 3.8) is 0 Å². The van der Waals surface area contributed by atoms with E-state index in [1.807, 2.05) is 0 Å². The molecule has 0 atom stereocenters. The van der Waals surface area contributed by atoms with Gasteiger partial charge in [0, 0.05) is 27.2 Å². The lowest BCUT2D eigenvalue weighted by molar-refractivity contribution is -0.138. The van der Waals surface area contributed by atoms with Crippen molar-refractivity contribution >= 4 is 52.8 Å². The average Bonchev–Trinajstić information content (AvgIpc) is 3.05. The summed E-state index contributed by atoms with van der Waals surface area (Å²) in [6.07, 6.45) is 2.84. The average molecular weight is 494 g/mol. The van der Waals surface area contributed by atoms with Crippen LogP contribution in [0, 0.1) is 6.92 Å². The van der Waals surface area contributed by atoms with Crippen LogP contribution < -0.4 is 0 Å². The van der Waals surface area contributed by atoms with E-state index in [1.54, 1.807) is 60.1 Å². The van der Waals surface area contributed by atoms with Crippen molar-refractivity contribution in [3.8, 4) is 0 Å². The second-order valence-electron chi connectivity index (χ2n) is 6.78. The molecule has 0 aliphatic carbocycles. The van der Waals surface area contributed by atoms with Gasteiger partial charge in [-0.25, -0.2) is 14.3 Å². The predicted octanol–water partition coefficient (Wildman–Crippen LogP) is 5.74. The molecule has 0 aliphatic rings. The number of carbonyl (C=O) groups is 2. The van der Waals surface area contributed by atoms with Gasteiger partial charge in [0.15, 0.2) is 0 Å². The zero-order chi connectivity index (χ0) is 23.3. The Bertz CT molecular complexity index is 1150. The minimum absolute atomic E-state index is 0.0572. The summed E-state index contributed by atoms with van der Waals surface area (Å²) in [4.78, 5) is 23.6. The third kappa shape index (κ3) is 5.71. The van der Waals surface area contributed by atoms with Gasteiger partial charge >= 0.3 is 11.9 Å². The molecule has 9 heteroatoms. The molecule has 3 rings (SSSR count). The summed E-state index contributed by atoms with van der Waals surface area (Å²) in [6, 6.07) is 11.8. The lowest BCUT2D eigenvalue weighted by Crippen LogP contribution is -2.03. The van der Waals surface area contributed by atoms with Crippen LogP contribution in [-0.2, 0) is 27.4 Å². The van der Waals surface area contributed by atoms with E-state index >= 15 is 0 Å². The van der Waals surface area contributed by atoms with Gasteiger partial charge in [0.2, 0.25) is 0 Å². The normalized spacial score (nSPS) is 11.0. The highest BCUT2D eigenvalue weighted by Gasteiger charge is 2.15. The molecule has 3 aromatic rings. The number of ether oxygens (including phenoxy) is 2. The van der Waals surface area contributed by atoms with Crippen LogP contribution in [0.2, 0.25) is 15.2 Å². The fourth-order valence-electron chi connectivity index (χ4n) is 2.90. The summed E-state index contributed by atoms with van der Waals surface area (Å²) in [5.41, 5.74) is 3.09. The van der Waals surface area contributed by atoms with Gasteiger partial charge in [0.25, 0.3) is 0 Å². The van der Waals surface area contributed by atoms with Crippen LogP contribution in [0.1, 0.15) is 32.7 Å². The van der Waals surface area contributed by atoms with Gasteiger partial charge < -0.3 is 9.47 Å². The van der Waals surface area contributed by atoms with Crippen molar-refractivity contribution in [3.05, 3.63) is 91.7 Å². The molecule has 0 unspecified atom stereocenters. The number of carbonyl (C=O) groups excluding carboxylic acids is 2. The van der Waals surface area contributed by atoms with E-state index < -0.39 is 11.9 Å². The summed E-state index contributed by atoms with van der Waals surface area (Å²) in [6.45, 7) is 2.13. The number of halogens is 3. The van der Waals surface area contributed by atoms with E-state index in [4.69, 9.17) is 39.5 Å². The van der Waals surface area contributed by atoms with E-state index in [0.29, 0.717) is 37.6 Å². The molecule has 2 aromatic carbocycles. The number of hydrogen-bond donors (Lipinski definition) is 0. The minimum atomic E-state index is -0.542. The van der Waals surface area contributed by atoms with E-state index in [0.717, 1.165) is 5.56 Å². The fraction of sp³-hybridized carbons (Fsp3) is 0.174. The van der Waals surface area contributed by atoms with Crippen molar-refractivity contribution in [2.24, 2.45) is 0 Å². The highest BCUT2D eigenvalue weighted by molar-refractivity contribution is 6.36. The van der Waals surface area contributed by atoms with Gasteiger partial charge in [0.1, 0.15) is 11.8 Å². The summed E-state index contributed by atoms with van der Waals surface area (Å²) >= 11 is 18.9. The Morgan fingerprint density at radius 3 is 2.34 bits per heavy atom. The molecule has 0 N–H and O–H groups in total. The molecule has 166 valence electrons. The highest BCUT2D eigenvalue weighted by atomic mass is 35.5. The first kappa shape index (κ1) is 23.9. The number of hydrogen-bond acceptors (Lipinski definition) is 5. The number of methoxy groups -OCH3 is 1. The molecule has 1 aromatic heterocycles. The monoisotopic (exact) mass is 492 g/mol. The Hall–Kier alpha value is -2.80. The maximum atomic E-state index is 12.1. The first-order chi connectivity index (χ1) is 15.3. The molecular weight excluding hydrogens is 475 g/mol. The van der Waals surface area contributed by atoms with E-state index in [2.05, 4.69) is 9.84 Å². The third-order valence-electron chi connectivity index (χ3n) is 4.62. The Morgan fingerprint density at radius 1 is 1.06 bits per heavy atom. The number of aryl methyl sites for hydroxylation is 1. The molecule has 1 heterocycles. The predicted molar refractivity (Wildman–Crippen MR) is 124 cm³/mol. The number of esters is 2. The molecule has 32 heavy (non-hydrogen) atoms. The molecule has 0 aliphatic heterocycles. The number of benzene rings is 2. The van der Waals surface area contributed by atoms with Crippen LogP contribution in [0.25, 0.3) is 6.08 Å². The summed E-state index contributed by atoms with van der Waals surface area (Å²) in [5.74, 6) is -0.972. The van der Waals surface area contributed by atoms with Gasteiger partial charge in [0.05, 0.1) is 24.9 Å². The van der Waals surface area contributed by atoms with Gasteiger partial charge in [-0.15, -0.1) is 0 Å². The minimum Gasteiger partial charge on any atom is -0.465 e. The maximum absolute atomic E-state index is 12.1. The second kappa shape index (κ2) is 10.7. The van der Waals surface area contributed by atoms with Gasteiger partial charge in [-0.05, 0) is 42.8 Å². The highest BCUT2D eigenvalue weighted by Crippen LogP contribution is 2.28. The van der Waals surface area contributed by atoms with Crippen molar-refractivity contribution < 1.29 is 19.1 Å². The molecule has 0 saturated carbocycles. The summed E-state index contributed by atoms with van der Waals surface area (Å²) in [5, 5.41) is 5.79. The largest absolute Gasteiger partial charge is 0.465 e. The van der Waals surface area contributed by atoms with Crippen molar-refractivity contribution in [1.29, 1.82) is 0 Å². The first-order valence-corrected chi connectivity index (χ1v) is 10.6. The fourth-order valence-corrected chi connectivity index (χ4v) is 3.72. The molecular formula is C23H19Cl3N2O4. The second-order valence-corrected chi connectivity index (χ2v) is 7.95. The lowest BCUT2D eigenvalue weighted by atomic mass is 10.1. The Kier molecular flexibility index (Phi) is 7.96. The molecule has 0 fully saturated rings. The Morgan fingerprint density at radius 2 is 1.72 bits per heavy atom. The first-order valence-electron chi connectivity index (χ1n) is 9.48. The Balaban J connectivity index is 1.65. The van der Waals surface area contributed by atoms with E-state index in [9.17, 15) is 9.59 Å². The van der Waals surface area contributed by atoms with Gasteiger partial charge in [-0.2, -0.15) is 5.10 Å². The number of nitrogens with zero attached hydrogens (tertiary/aromatic N) is 2. The molecule has 0 saturated heterocycles. The van der Waals surface area contributed by atoms with Crippen LogP contribution in [0.4, 0.5) is 0 Å². The van der Waals surface area contributed by atoms with E-state index in [-0.39, 0.29) is 13.2 Å². The Labute approximate surface area is 200 Å². The van der Waals surface area contributed by atoms with Crippen molar-refractivity contribution in [1.82, 2.24) is 9.78 Å². The van der Waals surface area contributed by atoms with Crippen LogP contribution in [0.5, 0.6) is 0 Å². The zero-order valence-electron chi connectivity index (χ0n) is 17.3. The topological polar surface area (TPSA) is 70.4 Å². The van der Waals surface area contributed by atoms with Crippen LogP contribution in [-0.4, -0.2) is 28.8 Å². The van der Waals surface area contributed by atoms with Crippen LogP contribution in [0.15, 0.2) is 48.5 Å². The third-order valence-corrected chi connectivity index (χ3v) is 5.73. The van der Waals surface area contributed by atoms with Crippen LogP contribution in [0.3, 0.4) is 0 Å². The van der Waals surface area contributed by atoms with E-state index in [1.165, 1.54) is 13.2 Å². The van der Waals surface area contributed by atoms with Gasteiger partial charge in [-0.3, -0.25) is 0 Å². The zero-order valence-corrected chi connectivity index (χ0v) is 19.5. The van der Waals surface area contributed by atoms with Crippen LogP contribution >= 0.6 is 34.8 Å². The smallest absolute Gasteiger partial charge is 0.337 e. The van der Waals surface area contributed by atoms with Gasteiger partial charge in [-0.1, -0.05) is 53.0 Å². The van der Waals surface area contributed by atoms with Crippen molar-refractivity contribution in [2.45, 2.75) is 20.1 Å². The molecule has 0 bridgehead atoms. The standard InChI is InChI=1S/C23H19Cl3N2O4/c1-14-17(22(26)28(27-14)12-18-19(24)4-3-5-20(18)25)10-11-21(29)32-13-15-6-8-16(9-7-15)23(30)31-2/h3-11H,12-13H2,1-2H3. The molecule has 0 amide bonds.